The van der Waals surface area contributed by atoms with Crippen molar-refractivity contribution in [2.45, 2.75) is 32.4 Å². The molecule has 25 heavy (non-hydrogen) atoms. The molecule has 0 saturated heterocycles. The summed E-state index contributed by atoms with van der Waals surface area (Å²) in [5, 5.41) is 0. The summed E-state index contributed by atoms with van der Waals surface area (Å²) in [6.45, 7) is 1.26. The van der Waals surface area contributed by atoms with Crippen LogP contribution in [0.1, 0.15) is 30.4 Å². The van der Waals surface area contributed by atoms with Gasteiger partial charge in [0.15, 0.2) is 0 Å². The molecule has 128 valence electrons. The van der Waals surface area contributed by atoms with Crippen LogP contribution in [0.15, 0.2) is 85.0 Å². The van der Waals surface area contributed by atoms with Crippen molar-refractivity contribution in [2.24, 2.45) is 5.92 Å². The highest BCUT2D eigenvalue weighted by Gasteiger charge is 2.13. The highest BCUT2D eigenvalue weighted by Crippen LogP contribution is 2.19. The average Bonchev–Trinajstić information content (AvgIpc) is 2.68. The van der Waals surface area contributed by atoms with Crippen molar-refractivity contribution in [3.8, 4) is 0 Å². The lowest BCUT2D eigenvalue weighted by molar-refractivity contribution is -0.127. The fraction of sp³-hybridized carbons (Fsp3) is 0.261. The Morgan fingerprint density at radius 3 is 2.04 bits per heavy atom. The van der Waals surface area contributed by atoms with Crippen LogP contribution in [0.5, 0.6) is 0 Å². The number of allylic oxidation sites excluding steroid dienone is 3. The molecule has 0 radical (unpaired) electrons. The standard InChI is InChI=1S/C23H25NO/c25-23(17-16-20-10-4-1-5-11-20)24(18-21-12-6-2-7-13-21)19-22-14-8-3-9-15-22/h1-4,6-9,12-17,20H,5,10-11,18-19H2/b17-16+. The van der Waals surface area contributed by atoms with E-state index in [1.54, 1.807) is 6.08 Å². The van der Waals surface area contributed by atoms with Crippen molar-refractivity contribution in [3.05, 3.63) is 96.1 Å². The maximum Gasteiger partial charge on any atom is 0.246 e. The number of benzene rings is 2. The van der Waals surface area contributed by atoms with Gasteiger partial charge >= 0.3 is 0 Å². The molecule has 0 spiro atoms. The lowest BCUT2D eigenvalue weighted by Gasteiger charge is -2.22. The molecule has 0 aromatic heterocycles. The van der Waals surface area contributed by atoms with Crippen LogP contribution >= 0.6 is 0 Å². The van der Waals surface area contributed by atoms with Crippen LogP contribution in [0.4, 0.5) is 0 Å². The molecule has 3 rings (SSSR count). The minimum absolute atomic E-state index is 0.0854. The molecular formula is C23H25NO. The quantitative estimate of drug-likeness (QED) is 0.531. The van der Waals surface area contributed by atoms with Crippen LogP contribution in [0.2, 0.25) is 0 Å². The summed E-state index contributed by atoms with van der Waals surface area (Å²) in [5.74, 6) is 0.575. The number of carbonyl (C=O) groups excluding carboxylic acids is 1. The fourth-order valence-corrected chi connectivity index (χ4v) is 3.13. The molecule has 2 aromatic carbocycles. The van der Waals surface area contributed by atoms with Crippen molar-refractivity contribution in [3.63, 3.8) is 0 Å². The predicted octanol–water partition coefficient (Wildman–Crippen LogP) is 5.13. The molecule has 2 heteroatoms. The summed E-state index contributed by atoms with van der Waals surface area (Å²) in [6, 6.07) is 20.4. The fourth-order valence-electron chi connectivity index (χ4n) is 3.13. The van der Waals surface area contributed by atoms with Crippen molar-refractivity contribution in [1.29, 1.82) is 0 Å². The SMILES string of the molecule is O=C(/C=C/C1CC=CCC1)N(Cc1ccccc1)Cc1ccccc1. The molecule has 1 aliphatic carbocycles. The Bertz CT molecular complexity index is 677. The van der Waals surface area contributed by atoms with Crippen molar-refractivity contribution in [1.82, 2.24) is 4.90 Å². The largest absolute Gasteiger partial charge is 0.331 e. The van der Waals surface area contributed by atoms with Gasteiger partial charge in [-0.3, -0.25) is 4.79 Å². The third-order valence-electron chi connectivity index (χ3n) is 4.56. The van der Waals surface area contributed by atoms with Crippen LogP contribution in [0.3, 0.4) is 0 Å². The van der Waals surface area contributed by atoms with Crippen molar-refractivity contribution in [2.75, 3.05) is 0 Å². The molecule has 1 unspecified atom stereocenters. The van der Waals surface area contributed by atoms with E-state index in [0.717, 1.165) is 30.4 Å². The molecule has 2 aromatic rings. The molecular weight excluding hydrogens is 306 g/mol. The molecule has 0 saturated carbocycles. The Hall–Kier alpha value is -2.61. The highest BCUT2D eigenvalue weighted by molar-refractivity contribution is 5.87. The second kappa shape index (κ2) is 9.03. The molecule has 2 nitrogen and oxygen atoms in total. The molecule has 1 amide bonds. The third kappa shape index (κ3) is 5.46. The Labute approximate surface area is 150 Å². The first kappa shape index (κ1) is 17.2. The second-order valence-electron chi connectivity index (χ2n) is 6.57. The van der Waals surface area contributed by atoms with Crippen LogP contribution < -0.4 is 0 Å². The lowest BCUT2D eigenvalue weighted by Crippen LogP contribution is -2.28. The van der Waals surface area contributed by atoms with Crippen molar-refractivity contribution >= 4 is 5.91 Å². The van der Waals surface area contributed by atoms with Gasteiger partial charge in [-0.15, -0.1) is 0 Å². The van der Waals surface area contributed by atoms with E-state index in [1.807, 2.05) is 41.3 Å². The van der Waals surface area contributed by atoms with Gasteiger partial charge in [0.25, 0.3) is 0 Å². The number of nitrogens with zero attached hydrogens (tertiary/aromatic N) is 1. The monoisotopic (exact) mass is 331 g/mol. The summed E-state index contributed by atoms with van der Waals surface area (Å²) in [5.41, 5.74) is 2.31. The highest BCUT2D eigenvalue weighted by atomic mass is 16.2. The normalized spacial score (nSPS) is 16.9. The van der Waals surface area contributed by atoms with Crippen molar-refractivity contribution < 1.29 is 4.79 Å². The first-order valence-electron chi connectivity index (χ1n) is 9.01. The zero-order chi connectivity index (χ0) is 17.3. The van der Waals surface area contributed by atoms with E-state index >= 15 is 0 Å². The molecule has 0 aliphatic heterocycles. The van der Waals surface area contributed by atoms with Gasteiger partial charge in [-0.25, -0.2) is 0 Å². The number of hydrogen-bond donors (Lipinski definition) is 0. The second-order valence-corrected chi connectivity index (χ2v) is 6.57. The van der Waals surface area contributed by atoms with Crippen LogP contribution in [-0.2, 0) is 17.9 Å². The Morgan fingerprint density at radius 2 is 1.52 bits per heavy atom. The number of hydrogen-bond acceptors (Lipinski definition) is 1. The lowest BCUT2D eigenvalue weighted by atomic mass is 9.94. The molecule has 1 aliphatic rings. The average molecular weight is 331 g/mol. The van der Waals surface area contributed by atoms with Gasteiger partial charge in [0, 0.05) is 13.1 Å². The summed E-state index contributed by atoms with van der Waals surface area (Å²) in [6.07, 6.45) is 11.6. The van der Waals surface area contributed by atoms with E-state index in [-0.39, 0.29) is 5.91 Å². The summed E-state index contributed by atoms with van der Waals surface area (Å²) < 4.78 is 0. The number of rotatable bonds is 6. The van der Waals surface area contributed by atoms with E-state index in [1.165, 1.54) is 0 Å². The summed E-state index contributed by atoms with van der Waals surface area (Å²) in [4.78, 5) is 14.7. The van der Waals surface area contributed by atoms with Gasteiger partial charge in [-0.05, 0) is 42.4 Å². The minimum atomic E-state index is 0.0854. The predicted molar refractivity (Wildman–Crippen MR) is 103 cm³/mol. The zero-order valence-electron chi connectivity index (χ0n) is 14.6. The minimum Gasteiger partial charge on any atom is -0.331 e. The maximum atomic E-state index is 12.8. The molecule has 0 N–H and O–H groups in total. The maximum absolute atomic E-state index is 12.8. The van der Waals surface area contributed by atoms with E-state index in [0.29, 0.717) is 19.0 Å². The molecule has 0 bridgehead atoms. The molecule has 1 atom stereocenters. The van der Waals surface area contributed by atoms with Gasteiger partial charge in [0.1, 0.15) is 0 Å². The smallest absolute Gasteiger partial charge is 0.246 e. The zero-order valence-corrected chi connectivity index (χ0v) is 14.6. The number of amides is 1. The Kier molecular flexibility index (Phi) is 6.22. The van der Waals surface area contributed by atoms with E-state index in [9.17, 15) is 4.79 Å². The Balaban J connectivity index is 1.71. The van der Waals surface area contributed by atoms with Gasteiger partial charge < -0.3 is 4.90 Å². The van der Waals surface area contributed by atoms with Gasteiger partial charge in [0.05, 0.1) is 0 Å². The van der Waals surface area contributed by atoms with Gasteiger partial charge in [0.2, 0.25) is 5.91 Å². The first-order chi connectivity index (χ1) is 12.3. The van der Waals surface area contributed by atoms with Crippen LogP contribution in [-0.4, -0.2) is 10.8 Å². The van der Waals surface area contributed by atoms with E-state index < -0.39 is 0 Å². The van der Waals surface area contributed by atoms with E-state index in [4.69, 9.17) is 0 Å². The Morgan fingerprint density at radius 1 is 0.920 bits per heavy atom. The summed E-state index contributed by atoms with van der Waals surface area (Å²) in [7, 11) is 0. The molecule has 0 heterocycles. The van der Waals surface area contributed by atoms with Crippen LogP contribution in [0.25, 0.3) is 0 Å². The summed E-state index contributed by atoms with van der Waals surface area (Å²) >= 11 is 0. The number of carbonyl (C=O) groups is 1. The van der Waals surface area contributed by atoms with E-state index in [2.05, 4.69) is 42.5 Å². The van der Waals surface area contributed by atoms with Gasteiger partial charge in [-0.2, -0.15) is 0 Å². The first-order valence-corrected chi connectivity index (χ1v) is 9.01. The molecule has 0 fully saturated rings. The van der Waals surface area contributed by atoms with Gasteiger partial charge in [-0.1, -0.05) is 78.9 Å². The third-order valence-corrected chi connectivity index (χ3v) is 4.56. The topological polar surface area (TPSA) is 20.3 Å². The van der Waals surface area contributed by atoms with Crippen LogP contribution in [0, 0.1) is 5.92 Å².